The minimum absolute atomic E-state index is 0.435. The van der Waals surface area contributed by atoms with Gasteiger partial charge < -0.3 is 11.5 Å². The Balaban J connectivity index is 2.98. The molecule has 4 N–H and O–H groups in total. The summed E-state index contributed by atoms with van der Waals surface area (Å²) in [6.45, 7) is 2.08. The summed E-state index contributed by atoms with van der Waals surface area (Å²) >= 11 is 0. The van der Waals surface area contributed by atoms with Crippen LogP contribution in [-0.2, 0) is 6.42 Å². The van der Waals surface area contributed by atoms with Crippen molar-refractivity contribution in [2.24, 2.45) is 5.73 Å². The molecule has 1 aromatic rings. The maximum absolute atomic E-state index is 10.8. The van der Waals surface area contributed by atoms with Crippen LogP contribution < -0.4 is 11.5 Å². The van der Waals surface area contributed by atoms with Crippen molar-refractivity contribution in [3.63, 3.8) is 0 Å². The summed E-state index contributed by atoms with van der Waals surface area (Å²) in [5.41, 5.74) is 13.0. The van der Waals surface area contributed by atoms with Crippen LogP contribution in [0.4, 0.5) is 5.69 Å². The molecule has 0 aliphatic carbocycles. The van der Waals surface area contributed by atoms with Crippen LogP contribution in [0.2, 0.25) is 0 Å². The zero-order chi connectivity index (χ0) is 9.84. The van der Waals surface area contributed by atoms with E-state index in [4.69, 9.17) is 11.5 Å². The van der Waals surface area contributed by atoms with Gasteiger partial charge in [0.25, 0.3) is 0 Å². The Hall–Kier alpha value is -1.51. The second-order valence-electron chi connectivity index (χ2n) is 3.03. The number of carbonyl (C=O) groups is 1. The van der Waals surface area contributed by atoms with Gasteiger partial charge in [-0.1, -0.05) is 19.4 Å². The van der Waals surface area contributed by atoms with E-state index >= 15 is 0 Å². The standard InChI is InChI=1S/C10H14N2O/c1-2-3-7-4-5-8(10(12)13)6-9(7)11/h4-6H,2-3,11H2,1H3,(H2,12,13). The van der Waals surface area contributed by atoms with Crippen molar-refractivity contribution in [2.75, 3.05) is 5.73 Å². The zero-order valence-electron chi connectivity index (χ0n) is 7.71. The molecule has 0 fully saturated rings. The topological polar surface area (TPSA) is 69.1 Å². The van der Waals surface area contributed by atoms with Crippen LogP contribution in [0.3, 0.4) is 0 Å². The van der Waals surface area contributed by atoms with Crippen molar-refractivity contribution >= 4 is 11.6 Å². The summed E-state index contributed by atoms with van der Waals surface area (Å²) in [6.07, 6.45) is 1.98. The molecule has 0 spiro atoms. The molecule has 0 aromatic heterocycles. The van der Waals surface area contributed by atoms with Gasteiger partial charge in [0.05, 0.1) is 0 Å². The Morgan fingerprint density at radius 3 is 2.62 bits per heavy atom. The molecule has 0 saturated heterocycles. The quantitative estimate of drug-likeness (QED) is 0.685. The molecule has 3 nitrogen and oxygen atoms in total. The third-order valence-electron chi connectivity index (χ3n) is 1.95. The van der Waals surface area contributed by atoms with Crippen LogP contribution in [0.5, 0.6) is 0 Å². The Morgan fingerprint density at radius 2 is 2.15 bits per heavy atom. The number of anilines is 1. The van der Waals surface area contributed by atoms with E-state index < -0.39 is 5.91 Å². The van der Waals surface area contributed by atoms with E-state index in [0.717, 1.165) is 18.4 Å². The lowest BCUT2D eigenvalue weighted by Crippen LogP contribution is -2.11. The van der Waals surface area contributed by atoms with E-state index in [2.05, 4.69) is 6.92 Å². The van der Waals surface area contributed by atoms with E-state index in [1.165, 1.54) is 0 Å². The monoisotopic (exact) mass is 178 g/mol. The van der Waals surface area contributed by atoms with E-state index in [1.807, 2.05) is 6.07 Å². The molecule has 0 aliphatic heterocycles. The molecule has 1 rings (SSSR count). The average Bonchev–Trinajstić information content (AvgIpc) is 2.08. The fourth-order valence-electron chi connectivity index (χ4n) is 1.25. The molecule has 0 unspecified atom stereocenters. The van der Waals surface area contributed by atoms with Crippen LogP contribution >= 0.6 is 0 Å². The molecule has 70 valence electrons. The highest BCUT2D eigenvalue weighted by molar-refractivity contribution is 5.93. The number of amides is 1. The summed E-state index contributed by atoms with van der Waals surface area (Å²) in [5.74, 6) is -0.435. The normalized spacial score (nSPS) is 9.92. The van der Waals surface area contributed by atoms with Gasteiger partial charge in [0.1, 0.15) is 0 Å². The van der Waals surface area contributed by atoms with Crippen molar-refractivity contribution in [1.82, 2.24) is 0 Å². The van der Waals surface area contributed by atoms with Gasteiger partial charge in [-0.15, -0.1) is 0 Å². The Kier molecular flexibility index (Phi) is 2.90. The summed E-state index contributed by atoms with van der Waals surface area (Å²) in [4.78, 5) is 10.8. The predicted octanol–water partition coefficient (Wildman–Crippen LogP) is 1.32. The first-order valence-electron chi connectivity index (χ1n) is 4.33. The average molecular weight is 178 g/mol. The Morgan fingerprint density at radius 1 is 1.46 bits per heavy atom. The van der Waals surface area contributed by atoms with Gasteiger partial charge in [-0.05, 0) is 24.1 Å². The van der Waals surface area contributed by atoms with E-state index in [1.54, 1.807) is 12.1 Å². The maximum atomic E-state index is 10.8. The van der Waals surface area contributed by atoms with Gasteiger partial charge in [-0.2, -0.15) is 0 Å². The van der Waals surface area contributed by atoms with Crippen molar-refractivity contribution in [3.05, 3.63) is 29.3 Å². The van der Waals surface area contributed by atoms with E-state index in [-0.39, 0.29) is 0 Å². The lowest BCUT2D eigenvalue weighted by molar-refractivity contribution is 0.100. The molecule has 3 heteroatoms. The maximum Gasteiger partial charge on any atom is 0.248 e. The molecule has 0 atom stereocenters. The first-order chi connectivity index (χ1) is 6.15. The molecule has 0 saturated carbocycles. The number of nitrogens with two attached hydrogens (primary N) is 2. The molecule has 13 heavy (non-hydrogen) atoms. The molecule has 1 amide bonds. The molecule has 0 heterocycles. The van der Waals surface area contributed by atoms with E-state index in [9.17, 15) is 4.79 Å². The van der Waals surface area contributed by atoms with Gasteiger partial charge in [-0.3, -0.25) is 4.79 Å². The fraction of sp³-hybridized carbons (Fsp3) is 0.300. The summed E-state index contributed by atoms with van der Waals surface area (Å²) in [6, 6.07) is 5.20. The molecule has 1 aromatic carbocycles. The first kappa shape index (κ1) is 9.58. The molecule has 0 radical (unpaired) electrons. The third-order valence-corrected chi connectivity index (χ3v) is 1.95. The molecular weight excluding hydrogens is 164 g/mol. The summed E-state index contributed by atoms with van der Waals surface area (Å²) < 4.78 is 0. The smallest absolute Gasteiger partial charge is 0.248 e. The number of aryl methyl sites for hydroxylation is 1. The highest BCUT2D eigenvalue weighted by Crippen LogP contribution is 2.15. The largest absolute Gasteiger partial charge is 0.398 e. The first-order valence-corrected chi connectivity index (χ1v) is 4.33. The zero-order valence-corrected chi connectivity index (χ0v) is 7.71. The van der Waals surface area contributed by atoms with Crippen molar-refractivity contribution < 1.29 is 4.79 Å². The van der Waals surface area contributed by atoms with Gasteiger partial charge in [-0.25, -0.2) is 0 Å². The number of nitrogen functional groups attached to an aromatic ring is 1. The van der Waals surface area contributed by atoms with Crippen LogP contribution in [-0.4, -0.2) is 5.91 Å². The second kappa shape index (κ2) is 3.94. The fourth-order valence-corrected chi connectivity index (χ4v) is 1.25. The molecular formula is C10H14N2O. The minimum atomic E-state index is -0.435. The second-order valence-corrected chi connectivity index (χ2v) is 3.03. The van der Waals surface area contributed by atoms with Crippen molar-refractivity contribution in [1.29, 1.82) is 0 Å². The van der Waals surface area contributed by atoms with Crippen LogP contribution in [0, 0.1) is 0 Å². The Labute approximate surface area is 77.7 Å². The van der Waals surface area contributed by atoms with Gasteiger partial charge in [0, 0.05) is 11.3 Å². The number of benzene rings is 1. The van der Waals surface area contributed by atoms with Crippen molar-refractivity contribution in [3.8, 4) is 0 Å². The number of rotatable bonds is 3. The third kappa shape index (κ3) is 2.21. The minimum Gasteiger partial charge on any atom is -0.398 e. The number of primary amides is 1. The molecule has 0 bridgehead atoms. The van der Waals surface area contributed by atoms with Gasteiger partial charge in [0.2, 0.25) is 5.91 Å². The lowest BCUT2D eigenvalue weighted by atomic mass is 10.1. The van der Waals surface area contributed by atoms with Crippen LogP contribution in [0.1, 0.15) is 29.3 Å². The summed E-state index contributed by atoms with van der Waals surface area (Å²) in [7, 11) is 0. The number of hydrogen-bond donors (Lipinski definition) is 2. The predicted molar refractivity (Wildman–Crippen MR) is 53.4 cm³/mol. The SMILES string of the molecule is CCCc1ccc(C(N)=O)cc1N. The van der Waals surface area contributed by atoms with Crippen LogP contribution in [0.15, 0.2) is 18.2 Å². The molecule has 0 aliphatic rings. The van der Waals surface area contributed by atoms with Gasteiger partial charge >= 0.3 is 0 Å². The van der Waals surface area contributed by atoms with E-state index in [0.29, 0.717) is 11.3 Å². The lowest BCUT2D eigenvalue weighted by Gasteiger charge is -2.04. The number of hydrogen-bond acceptors (Lipinski definition) is 2. The highest BCUT2D eigenvalue weighted by atomic mass is 16.1. The van der Waals surface area contributed by atoms with Crippen molar-refractivity contribution in [2.45, 2.75) is 19.8 Å². The highest BCUT2D eigenvalue weighted by Gasteiger charge is 2.03. The summed E-state index contributed by atoms with van der Waals surface area (Å²) in [5, 5.41) is 0. The van der Waals surface area contributed by atoms with Crippen LogP contribution in [0.25, 0.3) is 0 Å². The van der Waals surface area contributed by atoms with Gasteiger partial charge in [0.15, 0.2) is 0 Å². The number of carbonyl (C=O) groups excluding carboxylic acids is 1. The Bertz CT molecular complexity index is 321.